The maximum Gasteiger partial charge on any atom is 0.323 e. The van der Waals surface area contributed by atoms with E-state index in [1.54, 1.807) is 0 Å². The Morgan fingerprint density at radius 3 is 2.32 bits per heavy atom. The van der Waals surface area contributed by atoms with Gasteiger partial charge >= 0.3 is 6.03 Å². The third-order valence-electron chi connectivity index (χ3n) is 5.92. The number of carbonyl (C=O) groups excluding carboxylic acids is 1. The van der Waals surface area contributed by atoms with Crippen molar-refractivity contribution in [2.45, 2.75) is 46.5 Å². The lowest BCUT2D eigenvalue weighted by Crippen LogP contribution is -2.36. The highest BCUT2D eigenvalue weighted by Crippen LogP contribution is 2.46. The highest BCUT2D eigenvalue weighted by Gasteiger charge is 2.39. The standard InChI is InChI=1S/C24H27N3O/c1-4-17-11-13-19(14-12-17)26-23(28)27-22-20-10-8-7-9-18(20)15-24(5-2,6-3)21(22)16-25/h7-14H,4-6,15H2,1-3H3,(H2,26,27,28). The van der Waals surface area contributed by atoms with Crippen LogP contribution in [0, 0.1) is 16.7 Å². The summed E-state index contributed by atoms with van der Waals surface area (Å²) in [5.41, 5.74) is 5.13. The molecule has 0 fully saturated rings. The predicted octanol–water partition coefficient (Wildman–Crippen LogP) is 5.67. The molecule has 0 saturated carbocycles. The third-order valence-corrected chi connectivity index (χ3v) is 5.92. The smallest absolute Gasteiger partial charge is 0.308 e. The number of nitrogens with zero attached hydrogens (tertiary/aromatic N) is 1. The van der Waals surface area contributed by atoms with Gasteiger partial charge in [-0.1, -0.05) is 57.2 Å². The first-order chi connectivity index (χ1) is 13.6. The molecule has 0 aliphatic heterocycles. The van der Waals surface area contributed by atoms with Crippen LogP contribution in [0.15, 0.2) is 54.1 Å². The summed E-state index contributed by atoms with van der Waals surface area (Å²) in [6, 6.07) is 17.9. The molecule has 4 nitrogen and oxygen atoms in total. The molecule has 0 radical (unpaired) electrons. The van der Waals surface area contributed by atoms with Crippen molar-refractivity contribution in [1.29, 1.82) is 5.26 Å². The molecule has 28 heavy (non-hydrogen) atoms. The number of hydrogen-bond donors (Lipinski definition) is 2. The Bertz CT molecular complexity index is 931. The summed E-state index contributed by atoms with van der Waals surface area (Å²) in [4.78, 5) is 12.7. The van der Waals surface area contributed by atoms with Crippen molar-refractivity contribution in [3.05, 3.63) is 70.8 Å². The summed E-state index contributed by atoms with van der Waals surface area (Å²) in [7, 11) is 0. The quantitative estimate of drug-likeness (QED) is 0.709. The molecule has 2 aromatic rings. The van der Waals surface area contributed by atoms with Gasteiger partial charge in [-0.05, 0) is 48.9 Å². The fourth-order valence-electron chi connectivity index (χ4n) is 4.03. The van der Waals surface area contributed by atoms with E-state index in [0.29, 0.717) is 11.3 Å². The Balaban J connectivity index is 1.94. The van der Waals surface area contributed by atoms with Crippen LogP contribution in [0.5, 0.6) is 0 Å². The van der Waals surface area contributed by atoms with Gasteiger partial charge in [-0.2, -0.15) is 5.26 Å². The summed E-state index contributed by atoms with van der Waals surface area (Å²) < 4.78 is 0. The Labute approximate surface area is 167 Å². The van der Waals surface area contributed by atoms with E-state index >= 15 is 0 Å². The lowest BCUT2D eigenvalue weighted by molar-refractivity contribution is 0.255. The van der Waals surface area contributed by atoms with E-state index in [-0.39, 0.29) is 11.4 Å². The molecule has 2 aromatic carbocycles. The number of aryl methyl sites for hydroxylation is 1. The minimum Gasteiger partial charge on any atom is -0.308 e. The van der Waals surface area contributed by atoms with Gasteiger partial charge in [0.1, 0.15) is 0 Å². The minimum absolute atomic E-state index is 0.242. The number of hydrogen-bond acceptors (Lipinski definition) is 2. The molecule has 0 unspecified atom stereocenters. The van der Waals surface area contributed by atoms with E-state index in [1.807, 2.05) is 42.5 Å². The van der Waals surface area contributed by atoms with Gasteiger partial charge in [0, 0.05) is 16.7 Å². The molecule has 2 amide bonds. The van der Waals surface area contributed by atoms with E-state index in [4.69, 9.17) is 0 Å². The number of nitrogens with one attached hydrogen (secondary N) is 2. The van der Waals surface area contributed by atoms with Crippen LogP contribution in [0.1, 0.15) is 50.3 Å². The first kappa shape index (κ1) is 19.7. The third kappa shape index (κ3) is 3.66. The maximum absolute atomic E-state index is 12.7. The van der Waals surface area contributed by atoms with Crippen molar-refractivity contribution < 1.29 is 4.79 Å². The van der Waals surface area contributed by atoms with Crippen LogP contribution in [0.4, 0.5) is 10.5 Å². The molecular formula is C24H27N3O. The fourth-order valence-corrected chi connectivity index (χ4v) is 4.03. The molecule has 0 saturated heterocycles. The molecular weight excluding hydrogens is 346 g/mol. The molecule has 0 atom stereocenters. The lowest BCUT2D eigenvalue weighted by Gasteiger charge is -2.38. The van der Waals surface area contributed by atoms with E-state index in [0.717, 1.165) is 36.9 Å². The summed E-state index contributed by atoms with van der Waals surface area (Å²) >= 11 is 0. The molecule has 144 valence electrons. The van der Waals surface area contributed by atoms with Gasteiger partial charge < -0.3 is 10.6 Å². The number of amides is 2. The zero-order chi connectivity index (χ0) is 20.1. The van der Waals surface area contributed by atoms with E-state index < -0.39 is 0 Å². The van der Waals surface area contributed by atoms with Gasteiger partial charge in [0.2, 0.25) is 0 Å². The van der Waals surface area contributed by atoms with Gasteiger partial charge in [-0.3, -0.25) is 0 Å². The van der Waals surface area contributed by atoms with Gasteiger partial charge in [0.15, 0.2) is 0 Å². The number of nitriles is 1. The van der Waals surface area contributed by atoms with E-state index in [2.05, 4.69) is 43.5 Å². The number of urea groups is 1. The second kappa shape index (κ2) is 8.31. The molecule has 0 bridgehead atoms. The lowest BCUT2D eigenvalue weighted by atomic mass is 9.66. The zero-order valence-corrected chi connectivity index (χ0v) is 16.8. The first-order valence-corrected chi connectivity index (χ1v) is 9.97. The van der Waals surface area contributed by atoms with Gasteiger partial charge in [0.25, 0.3) is 0 Å². The first-order valence-electron chi connectivity index (χ1n) is 9.97. The maximum atomic E-state index is 12.7. The number of anilines is 1. The number of rotatable bonds is 5. The second-order valence-corrected chi connectivity index (χ2v) is 7.31. The molecule has 4 heteroatoms. The summed E-state index contributed by atoms with van der Waals surface area (Å²) in [6.45, 7) is 6.32. The molecule has 3 rings (SSSR count). The number of carbonyl (C=O) groups is 1. The van der Waals surface area contributed by atoms with Crippen molar-refractivity contribution in [1.82, 2.24) is 5.32 Å². The van der Waals surface area contributed by atoms with Crippen LogP contribution < -0.4 is 10.6 Å². The van der Waals surface area contributed by atoms with Crippen LogP contribution in [0.2, 0.25) is 0 Å². The van der Waals surface area contributed by atoms with Crippen LogP contribution in [0.25, 0.3) is 5.70 Å². The minimum atomic E-state index is -0.329. The van der Waals surface area contributed by atoms with Gasteiger partial charge in [-0.15, -0.1) is 0 Å². The Kier molecular flexibility index (Phi) is 5.84. The molecule has 2 N–H and O–H groups in total. The summed E-state index contributed by atoms with van der Waals surface area (Å²) in [5.74, 6) is 0. The molecule has 0 aromatic heterocycles. The van der Waals surface area contributed by atoms with Crippen molar-refractivity contribution >= 4 is 17.4 Å². The highest BCUT2D eigenvalue weighted by molar-refractivity contribution is 5.97. The van der Waals surface area contributed by atoms with E-state index in [1.165, 1.54) is 11.1 Å². The van der Waals surface area contributed by atoms with Crippen LogP contribution in [0.3, 0.4) is 0 Å². The zero-order valence-electron chi connectivity index (χ0n) is 16.8. The summed E-state index contributed by atoms with van der Waals surface area (Å²) in [5, 5.41) is 15.8. The van der Waals surface area contributed by atoms with Crippen molar-refractivity contribution in [2.75, 3.05) is 5.32 Å². The Morgan fingerprint density at radius 1 is 1.04 bits per heavy atom. The number of fused-ring (bicyclic) bond motifs is 1. The van der Waals surface area contributed by atoms with Gasteiger partial charge in [-0.25, -0.2) is 4.79 Å². The second-order valence-electron chi connectivity index (χ2n) is 7.31. The number of allylic oxidation sites excluding steroid dienone is 1. The molecule has 0 heterocycles. The highest BCUT2D eigenvalue weighted by atomic mass is 16.2. The Morgan fingerprint density at radius 2 is 1.71 bits per heavy atom. The average Bonchev–Trinajstić information content (AvgIpc) is 2.73. The fraction of sp³-hybridized carbons (Fsp3) is 0.333. The number of benzene rings is 2. The Hall–Kier alpha value is -3.06. The normalized spacial score (nSPS) is 14.8. The van der Waals surface area contributed by atoms with E-state index in [9.17, 15) is 10.1 Å². The molecule has 1 aliphatic rings. The van der Waals surface area contributed by atoms with Crippen LogP contribution >= 0.6 is 0 Å². The monoisotopic (exact) mass is 373 g/mol. The van der Waals surface area contributed by atoms with Crippen molar-refractivity contribution in [3.63, 3.8) is 0 Å². The SMILES string of the molecule is CCc1ccc(NC(=O)NC2=C(C#N)C(CC)(CC)Cc3ccccc32)cc1. The average molecular weight is 374 g/mol. The van der Waals surface area contributed by atoms with Crippen LogP contribution in [-0.4, -0.2) is 6.03 Å². The molecule has 1 aliphatic carbocycles. The van der Waals surface area contributed by atoms with Crippen LogP contribution in [-0.2, 0) is 12.8 Å². The topological polar surface area (TPSA) is 64.9 Å². The summed E-state index contributed by atoms with van der Waals surface area (Å²) in [6.07, 6.45) is 3.49. The molecule has 0 spiro atoms. The predicted molar refractivity (Wildman–Crippen MR) is 114 cm³/mol. The van der Waals surface area contributed by atoms with Crippen molar-refractivity contribution in [3.8, 4) is 6.07 Å². The van der Waals surface area contributed by atoms with Crippen molar-refractivity contribution in [2.24, 2.45) is 5.41 Å². The van der Waals surface area contributed by atoms with Gasteiger partial charge in [0.05, 0.1) is 17.3 Å². The largest absolute Gasteiger partial charge is 0.323 e.